The summed E-state index contributed by atoms with van der Waals surface area (Å²) in [5, 5.41) is 5.49. The van der Waals surface area contributed by atoms with Crippen LogP contribution in [-0.4, -0.2) is 34.2 Å². The van der Waals surface area contributed by atoms with E-state index in [4.69, 9.17) is 5.73 Å². The van der Waals surface area contributed by atoms with E-state index in [1.165, 1.54) is 6.20 Å². The number of nitrogens with one attached hydrogen (secondary N) is 2. The normalized spacial score (nSPS) is 20.2. The van der Waals surface area contributed by atoms with Crippen LogP contribution >= 0.6 is 0 Å². The Balaban J connectivity index is 1.55. The number of pyridine rings is 1. The number of aryl methyl sites for hydroxylation is 1. The molecule has 1 saturated heterocycles. The maximum atomic E-state index is 13.1. The number of aromatic nitrogens is 1. The van der Waals surface area contributed by atoms with Gasteiger partial charge in [0.15, 0.2) is 0 Å². The Morgan fingerprint density at radius 3 is 2.87 bits per heavy atom. The standard InChI is InChI=1S/C23H27N5O3/c1-3-14-9-17(11-25-20(14)24)27-22(30)23(31)28-12-13(2)4-7-19(28)15-5-6-18-16(8-15)10-26-21(18)29/h5-6,8-9,11,13,19H,3-4,7,10,12H2,1-2H3,(H2,24,25)(H,26,29)(H,27,30)/t13-,19+/m1/s1. The number of likely N-dealkylation sites (tertiary alicyclic amines) is 1. The molecule has 2 aliphatic rings. The van der Waals surface area contributed by atoms with Gasteiger partial charge in [0, 0.05) is 18.7 Å². The first-order valence-electron chi connectivity index (χ1n) is 10.6. The third kappa shape index (κ3) is 4.10. The molecule has 0 radical (unpaired) electrons. The third-order valence-electron chi connectivity index (χ3n) is 6.11. The number of benzene rings is 1. The molecule has 31 heavy (non-hydrogen) atoms. The minimum Gasteiger partial charge on any atom is -0.383 e. The van der Waals surface area contributed by atoms with Gasteiger partial charge in [-0.3, -0.25) is 14.4 Å². The van der Waals surface area contributed by atoms with Gasteiger partial charge < -0.3 is 21.3 Å². The fraction of sp³-hybridized carbons (Fsp3) is 0.391. The molecular formula is C23H27N5O3. The summed E-state index contributed by atoms with van der Waals surface area (Å²) < 4.78 is 0. The van der Waals surface area contributed by atoms with Gasteiger partial charge >= 0.3 is 11.8 Å². The molecule has 1 fully saturated rings. The zero-order valence-electron chi connectivity index (χ0n) is 17.8. The van der Waals surface area contributed by atoms with Gasteiger partial charge in [0.05, 0.1) is 17.9 Å². The summed E-state index contributed by atoms with van der Waals surface area (Å²) in [6.07, 6.45) is 3.87. The van der Waals surface area contributed by atoms with Crippen molar-refractivity contribution in [3.8, 4) is 0 Å². The highest BCUT2D eigenvalue weighted by molar-refractivity contribution is 6.39. The quantitative estimate of drug-likeness (QED) is 0.658. The van der Waals surface area contributed by atoms with Crippen molar-refractivity contribution in [1.82, 2.24) is 15.2 Å². The molecular weight excluding hydrogens is 394 g/mol. The predicted molar refractivity (Wildman–Crippen MR) is 117 cm³/mol. The Kier molecular flexibility index (Phi) is 5.63. The summed E-state index contributed by atoms with van der Waals surface area (Å²) in [4.78, 5) is 43.5. The molecule has 0 bridgehead atoms. The van der Waals surface area contributed by atoms with Crippen LogP contribution < -0.4 is 16.4 Å². The Hall–Kier alpha value is -3.42. The van der Waals surface area contributed by atoms with Gasteiger partial charge in [0.2, 0.25) is 0 Å². The fourth-order valence-corrected chi connectivity index (χ4v) is 4.37. The number of amides is 3. The highest BCUT2D eigenvalue weighted by Gasteiger charge is 2.35. The van der Waals surface area contributed by atoms with Crippen molar-refractivity contribution >= 4 is 29.2 Å². The lowest BCUT2D eigenvalue weighted by Crippen LogP contribution is -2.46. The van der Waals surface area contributed by atoms with Crippen molar-refractivity contribution < 1.29 is 14.4 Å². The second-order valence-electron chi connectivity index (χ2n) is 8.33. The average Bonchev–Trinajstić information content (AvgIpc) is 3.14. The zero-order chi connectivity index (χ0) is 22.1. The molecule has 2 aliphatic heterocycles. The molecule has 3 amide bonds. The predicted octanol–water partition coefficient (Wildman–Crippen LogP) is 2.41. The summed E-state index contributed by atoms with van der Waals surface area (Å²) >= 11 is 0. The molecule has 162 valence electrons. The van der Waals surface area contributed by atoms with Gasteiger partial charge in [-0.2, -0.15) is 0 Å². The van der Waals surface area contributed by atoms with Crippen molar-refractivity contribution in [3.63, 3.8) is 0 Å². The number of carbonyl (C=O) groups is 3. The van der Waals surface area contributed by atoms with Crippen molar-refractivity contribution in [2.75, 3.05) is 17.6 Å². The third-order valence-corrected chi connectivity index (χ3v) is 6.11. The summed E-state index contributed by atoms with van der Waals surface area (Å²) in [5.74, 6) is -0.613. The van der Waals surface area contributed by atoms with Crippen LogP contribution in [0.15, 0.2) is 30.5 Å². The van der Waals surface area contributed by atoms with E-state index in [0.29, 0.717) is 42.5 Å². The summed E-state index contributed by atoms with van der Waals surface area (Å²) in [6.45, 7) is 5.02. The first kappa shape index (κ1) is 20.8. The van der Waals surface area contributed by atoms with Crippen LogP contribution in [0.4, 0.5) is 11.5 Å². The highest BCUT2D eigenvalue weighted by atomic mass is 16.2. The first-order valence-corrected chi connectivity index (χ1v) is 10.6. The number of piperidine rings is 1. The number of fused-ring (bicyclic) bond motifs is 1. The first-order chi connectivity index (χ1) is 14.9. The molecule has 8 nitrogen and oxygen atoms in total. The minimum absolute atomic E-state index is 0.0744. The summed E-state index contributed by atoms with van der Waals surface area (Å²) in [7, 11) is 0. The topological polar surface area (TPSA) is 117 Å². The lowest BCUT2D eigenvalue weighted by Gasteiger charge is -2.38. The second-order valence-corrected chi connectivity index (χ2v) is 8.33. The maximum absolute atomic E-state index is 13.1. The molecule has 2 aromatic rings. The molecule has 1 aromatic heterocycles. The maximum Gasteiger partial charge on any atom is 0.313 e. The van der Waals surface area contributed by atoms with Gasteiger partial charge in [0.25, 0.3) is 5.91 Å². The second kappa shape index (κ2) is 8.37. The number of rotatable bonds is 3. The number of nitrogen functional groups attached to an aromatic ring is 1. The molecule has 2 atom stereocenters. The molecule has 0 saturated carbocycles. The van der Waals surface area contributed by atoms with Crippen LogP contribution in [0.3, 0.4) is 0 Å². The Morgan fingerprint density at radius 2 is 2.10 bits per heavy atom. The lowest BCUT2D eigenvalue weighted by atomic mass is 9.88. The average molecular weight is 422 g/mol. The molecule has 0 unspecified atom stereocenters. The molecule has 0 spiro atoms. The van der Waals surface area contributed by atoms with E-state index >= 15 is 0 Å². The molecule has 3 heterocycles. The molecule has 1 aromatic carbocycles. The molecule has 4 rings (SSSR count). The van der Waals surface area contributed by atoms with E-state index in [-0.39, 0.29) is 11.9 Å². The number of nitrogens with two attached hydrogens (primary N) is 1. The summed E-state index contributed by atoms with van der Waals surface area (Å²) in [5.41, 5.74) is 9.65. The SMILES string of the molecule is CCc1cc(NC(=O)C(=O)N2C[C@H](C)CC[C@H]2c2ccc3c(c2)CNC3=O)cnc1N. The number of hydrogen-bond donors (Lipinski definition) is 3. The minimum atomic E-state index is -0.689. The zero-order valence-corrected chi connectivity index (χ0v) is 17.8. The monoisotopic (exact) mass is 421 g/mol. The molecule has 0 aliphatic carbocycles. The van der Waals surface area contributed by atoms with Gasteiger partial charge in [0.1, 0.15) is 5.82 Å². The van der Waals surface area contributed by atoms with E-state index in [9.17, 15) is 14.4 Å². The Labute approximate surface area is 181 Å². The van der Waals surface area contributed by atoms with Crippen molar-refractivity contribution in [2.24, 2.45) is 5.92 Å². The fourth-order valence-electron chi connectivity index (χ4n) is 4.37. The summed E-state index contributed by atoms with van der Waals surface area (Å²) in [6, 6.07) is 7.21. The van der Waals surface area contributed by atoms with Crippen LogP contribution in [0.25, 0.3) is 0 Å². The van der Waals surface area contributed by atoms with Gasteiger partial charge in [-0.1, -0.05) is 26.0 Å². The highest BCUT2D eigenvalue weighted by Crippen LogP contribution is 2.35. The van der Waals surface area contributed by atoms with Crippen molar-refractivity contribution in [1.29, 1.82) is 0 Å². The number of nitrogens with zero attached hydrogens (tertiary/aromatic N) is 2. The van der Waals surface area contributed by atoms with E-state index in [2.05, 4.69) is 22.5 Å². The van der Waals surface area contributed by atoms with Crippen molar-refractivity contribution in [2.45, 2.75) is 45.7 Å². The van der Waals surface area contributed by atoms with Gasteiger partial charge in [-0.05, 0) is 54.0 Å². The van der Waals surface area contributed by atoms with Gasteiger partial charge in [-0.15, -0.1) is 0 Å². The van der Waals surface area contributed by atoms with Crippen molar-refractivity contribution in [3.05, 3.63) is 52.7 Å². The Morgan fingerprint density at radius 1 is 1.29 bits per heavy atom. The number of carbonyl (C=O) groups excluding carboxylic acids is 3. The van der Waals surface area contributed by atoms with E-state index in [1.807, 2.05) is 19.1 Å². The van der Waals surface area contributed by atoms with Crippen LogP contribution in [0.1, 0.15) is 59.8 Å². The van der Waals surface area contributed by atoms with E-state index < -0.39 is 11.8 Å². The van der Waals surface area contributed by atoms with Crippen LogP contribution in [-0.2, 0) is 22.6 Å². The van der Waals surface area contributed by atoms with Gasteiger partial charge in [-0.25, -0.2) is 4.98 Å². The smallest absolute Gasteiger partial charge is 0.313 e. The molecule has 4 N–H and O–H groups in total. The number of anilines is 2. The number of hydrogen-bond acceptors (Lipinski definition) is 5. The largest absolute Gasteiger partial charge is 0.383 e. The van der Waals surface area contributed by atoms with Crippen LogP contribution in [0.2, 0.25) is 0 Å². The van der Waals surface area contributed by atoms with Crippen LogP contribution in [0, 0.1) is 5.92 Å². The molecule has 8 heteroatoms. The van der Waals surface area contributed by atoms with E-state index in [0.717, 1.165) is 29.5 Å². The Bertz CT molecular complexity index is 1050. The van der Waals surface area contributed by atoms with Crippen LogP contribution in [0.5, 0.6) is 0 Å². The van der Waals surface area contributed by atoms with E-state index in [1.54, 1.807) is 17.0 Å². The lowest BCUT2D eigenvalue weighted by molar-refractivity contribution is -0.146.